The molecule has 0 saturated carbocycles. The van der Waals surface area contributed by atoms with Gasteiger partial charge < -0.3 is 9.47 Å². The summed E-state index contributed by atoms with van der Waals surface area (Å²) in [6.45, 7) is 2.65. The monoisotopic (exact) mass is 396 g/mol. The van der Waals surface area contributed by atoms with Gasteiger partial charge >= 0.3 is 0 Å². The SMILES string of the molecule is CCCOc1c(Br)cc(/C=N\NC(=O)c2cccs2)cc1OC. The molecular formula is C16H17BrN2O3S. The number of ether oxygens (including phenoxy) is 2. The number of halogens is 1. The van der Waals surface area contributed by atoms with Crippen LogP contribution < -0.4 is 14.9 Å². The number of benzene rings is 1. The van der Waals surface area contributed by atoms with Gasteiger partial charge in [0.15, 0.2) is 11.5 Å². The van der Waals surface area contributed by atoms with Crippen LogP contribution in [0.5, 0.6) is 11.5 Å². The molecule has 122 valence electrons. The van der Waals surface area contributed by atoms with Crippen molar-refractivity contribution in [2.24, 2.45) is 5.10 Å². The highest BCUT2D eigenvalue weighted by atomic mass is 79.9. The number of nitrogens with zero attached hydrogens (tertiary/aromatic N) is 1. The zero-order chi connectivity index (χ0) is 16.7. The van der Waals surface area contributed by atoms with Gasteiger partial charge in [-0.15, -0.1) is 11.3 Å². The van der Waals surface area contributed by atoms with Crippen molar-refractivity contribution in [3.63, 3.8) is 0 Å². The number of thiophene rings is 1. The maximum absolute atomic E-state index is 11.8. The Labute approximate surface area is 147 Å². The van der Waals surface area contributed by atoms with Crippen LogP contribution in [0.1, 0.15) is 28.6 Å². The van der Waals surface area contributed by atoms with E-state index in [0.29, 0.717) is 23.0 Å². The Kier molecular flexibility index (Phi) is 6.61. The second-order valence-corrected chi connectivity index (χ2v) is 6.36. The van der Waals surface area contributed by atoms with Crippen LogP contribution in [0.2, 0.25) is 0 Å². The summed E-state index contributed by atoms with van der Waals surface area (Å²) in [6.07, 6.45) is 2.47. The van der Waals surface area contributed by atoms with E-state index < -0.39 is 0 Å². The summed E-state index contributed by atoms with van der Waals surface area (Å²) in [7, 11) is 1.58. The van der Waals surface area contributed by atoms with E-state index in [1.807, 2.05) is 24.4 Å². The predicted molar refractivity (Wildman–Crippen MR) is 95.9 cm³/mol. The van der Waals surface area contributed by atoms with Crippen molar-refractivity contribution in [2.45, 2.75) is 13.3 Å². The molecule has 7 heteroatoms. The quantitative estimate of drug-likeness (QED) is 0.566. The van der Waals surface area contributed by atoms with Crippen LogP contribution in [-0.4, -0.2) is 25.8 Å². The average Bonchev–Trinajstić information content (AvgIpc) is 3.08. The Balaban J connectivity index is 2.09. The van der Waals surface area contributed by atoms with E-state index in [2.05, 4.69) is 26.5 Å². The fourth-order valence-corrected chi connectivity index (χ4v) is 2.97. The molecule has 0 spiro atoms. The minimum atomic E-state index is -0.231. The second-order valence-electron chi connectivity index (χ2n) is 4.56. The van der Waals surface area contributed by atoms with E-state index in [1.165, 1.54) is 11.3 Å². The number of methoxy groups -OCH3 is 1. The van der Waals surface area contributed by atoms with Crippen molar-refractivity contribution in [3.05, 3.63) is 44.6 Å². The number of carbonyl (C=O) groups is 1. The molecule has 2 aromatic rings. The van der Waals surface area contributed by atoms with E-state index >= 15 is 0 Å². The van der Waals surface area contributed by atoms with Gasteiger partial charge in [0.25, 0.3) is 5.91 Å². The number of rotatable bonds is 7. The third kappa shape index (κ3) is 4.80. The van der Waals surface area contributed by atoms with E-state index in [1.54, 1.807) is 25.5 Å². The minimum absolute atomic E-state index is 0.231. The topological polar surface area (TPSA) is 59.9 Å². The summed E-state index contributed by atoms with van der Waals surface area (Å²) in [6, 6.07) is 7.22. The van der Waals surface area contributed by atoms with Gasteiger partial charge in [0.05, 0.1) is 29.3 Å². The number of nitrogens with one attached hydrogen (secondary N) is 1. The molecule has 2 rings (SSSR count). The molecule has 0 bridgehead atoms. The maximum atomic E-state index is 11.8. The van der Waals surface area contributed by atoms with Gasteiger partial charge in [0.1, 0.15) is 0 Å². The van der Waals surface area contributed by atoms with Gasteiger partial charge in [-0.3, -0.25) is 4.79 Å². The van der Waals surface area contributed by atoms with Crippen molar-refractivity contribution in [2.75, 3.05) is 13.7 Å². The molecular weight excluding hydrogens is 380 g/mol. The standard InChI is InChI=1S/C16H17BrN2O3S/c1-3-6-22-15-12(17)8-11(9-13(15)21-2)10-18-19-16(20)14-5-4-7-23-14/h4-5,7-10H,3,6H2,1-2H3,(H,19,20)/b18-10-. The van der Waals surface area contributed by atoms with Gasteiger partial charge in [-0.25, -0.2) is 5.43 Å². The fourth-order valence-electron chi connectivity index (χ4n) is 1.79. The number of hydrazone groups is 1. The Hall–Kier alpha value is -1.86. The highest BCUT2D eigenvalue weighted by Gasteiger charge is 2.11. The molecule has 1 aromatic carbocycles. The summed E-state index contributed by atoms with van der Waals surface area (Å²) < 4.78 is 11.8. The first-order valence-corrected chi connectivity index (χ1v) is 8.70. The van der Waals surface area contributed by atoms with Crippen LogP contribution in [0.3, 0.4) is 0 Å². The van der Waals surface area contributed by atoms with E-state index in [4.69, 9.17) is 9.47 Å². The highest BCUT2D eigenvalue weighted by molar-refractivity contribution is 9.10. The van der Waals surface area contributed by atoms with Crippen LogP contribution in [-0.2, 0) is 0 Å². The summed E-state index contributed by atoms with van der Waals surface area (Å²) in [4.78, 5) is 12.4. The Bertz CT molecular complexity index is 687. The Morgan fingerprint density at radius 3 is 2.96 bits per heavy atom. The Morgan fingerprint density at radius 2 is 2.30 bits per heavy atom. The van der Waals surface area contributed by atoms with Crippen LogP contribution in [0.4, 0.5) is 0 Å². The summed E-state index contributed by atoms with van der Waals surface area (Å²) in [5.41, 5.74) is 3.27. The third-order valence-electron chi connectivity index (χ3n) is 2.83. The van der Waals surface area contributed by atoms with Crippen molar-refractivity contribution in [1.82, 2.24) is 5.43 Å². The molecule has 0 aliphatic heterocycles. The normalized spacial score (nSPS) is 10.7. The molecule has 1 aromatic heterocycles. The number of hydrogen-bond donors (Lipinski definition) is 1. The van der Waals surface area contributed by atoms with Gasteiger partial charge in [-0.2, -0.15) is 5.10 Å². The number of hydrogen-bond acceptors (Lipinski definition) is 5. The smallest absolute Gasteiger partial charge is 0.281 e. The van der Waals surface area contributed by atoms with Gasteiger partial charge in [-0.05, 0) is 51.5 Å². The summed E-state index contributed by atoms with van der Waals surface area (Å²) in [5, 5.41) is 5.81. The molecule has 1 heterocycles. The number of carbonyl (C=O) groups excluding carboxylic acids is 1. The highest BCUT2D eigenvalue weighted by Crippen LogP contribution is 2.36. The lowest BCUT2D eigenvalue weighted by molar-refractivity contribution is 0.0959. The average molecular weight is 397 g/mol. The fraction of sp³-hybridized carbons (Fsp3) is 0.250. The van der Waals surface area contributed by atoms with Crippen LogP contribution in [0.25, 0.3) is 0 Å². The maximum Gasteiger partial charge on any atom is 0.281 e. The zero-order valence-corrected chi connectivity index (χ0v) is 15.2. The van der Waals surface area contributed by atoms with Crippen LogP contribution in [0, 0.1) is 0 Å². The summed E-state index contributed by atoms with van der Waals surface area (Å²) in [5.74, 6) is 1.04. The van der Waals surface area contributed by atoms with Crippen molar-refractivity contribution < 1.29 is 14.3 Å². The minimum Gasteiger partial charge on any atom is -0.493 e. The van der Waals surface area contributed by atoms with E-state index in [0.717, 1.165) is 16.5 Å². The molecule has 0 unspecified atom stereocenters. The molecule has 0 aliphatic carbocycles. The molecule has 0 aliphatic rings. The van der Waals surface area contributed by atoms with Crippen molar-refractivity contribution in [1.29, 1.82) is 0 Å². The molecule has 0 fully saturated rings. The predicted octanol–water partition coefficient (Wildman–Crippen LogP) is 4.07. The second kappa shape index (κ2) is 8.69. The van der Waals surface area contributed by atoms with Gasteiger partial charge in [-0.1, -0.05) is 13.0 Å². The van der Waals surface area contributed by atoms with Gasteiger partial charge in [0.2, 0.25) is 0 Å². The van der Waals surface area contributed by atoms with Gasteiger partial charge in [0, 0.05) is 0 Å². The zero-order valence-electron chi connectivity index (χ0n) is 12.8. The van der Waals surface area contributed by atoms with Crippen molar-refractivity contribution in [3.8, 4) is 11.5 Å². The molecule has 5 nitrogen and oxygen atoms in total. The van der Waals surface area contributed by atoms with E-state index in [-0.39, 0.29) is 5.91 Å². The lowest BCUT2D eigenvalue weighted by Gasteiger charge is -2.12. The molecule has 0 atom stereocenters. The first kappa shape index (κ1) is 17.5. The summed E-state index contributed by atoms with van der Waals surface area (Å²) >= 11 is 4.83. The van der Waals surface area contributed by atoms with E-state index in [9.17, 15) is 4.79 Å². The Morgan fingerprint density at radius 1 is 1.48 bits per heavy atom. The molecule has 1 amide bonds. The van der Waals surface area contributed by atoms with Crippen LogP contribution in [0.15, 0.2) is 39.2 Å². The van der Waals surface area contributed by atoms with Crippen molar-refractivity contribution >= 4 is 39.4 Å². The van der Waals surface area contributed by atoms with Crippen LogP contribution >= 0.6 is 27.3 Å². The number of amides is 1. The molecule has 0 radical (unpaired) electrons. The first-order valence-electron chi connectivity index (χ1n) is 7.03. The largest absolute Gasteiger partial charge is 0.493 e. The lowest BCUT2D eigenvalue weighted by Crippen LogP contribution is -2.16. The first-order chi connectivity index (χ1) is 11.2. The molecule has 1 N–H and O–H groups in total. The molecule has 23 heavy (non-hydrogen) atoms. The third-order valence-corrected chi connectivity index (χ3v) is 4.28. The molecule has 0 saturated heterocycles. The lowest BCUT2D eigenvalue weighted by atomic mass is 10.2.